The van der Waals surface area contributed by atoms with Crippen LogP contribution >= 0.6 is 0 Å². The highest BCUT2D eigenvalue weighted by Gasteiger charge is 2.75. The molecule has 1 aromatic carbocycles. The molecule has 6 aliphatic carbocycles. The Kier molecular flexibility index (Phi) is 5.87. The molecule has 0 radical (unpaired) electrons. The molecule has 9 heteroatoms. The van der Waals surface area contributed by atoms with Gasteiger partial charge in [0.25, 0.3) is 0 Å². The van der Waals surface area contributed by atoms with Crippen LogP contribution in [0.4, 0.5) is 4.39 Å². The Bertz CT molecular complexity index is 1070. The predicted octanol–water partition coefficient (Wildman–Crippen LogP) is 3.41. The number of hydrogen-bond donors (Lipinski definition) is 2. The Balaban J connectivity index is 1.12. The molecule has 0 spiro atoms. The van der Waals surface area contributed by atoms with E-state index in [1.54, 1.807) is 12.1 Å². The third-order valence-electron chi connectivity index (χ3n) is 9.76. The van der Waals surface area contributed by atoms with Gasteiger partial charge < -0.3 is 25.1 Å². The lowest BCUT2D eigenvalue weighted by atomic mass is 9.49. The van der Waals surface area contributed by atoms with Crippen LogP contribution in [0.15, 0.2) is 24.3 Å². The van der Waals surface area contributed by atoms with Crippen molar-refractivity contribution in [2.75, 3.05) is 0 Å². The maximum Gasteiger partial charge on any atom is 0.332 e. The average Bonchev–Trinajstić information content (AvgIpc) is 3.48. The highest BCUT2D eigenvalue weighted by atomic mass is 19.1. The summed E-state index contributed by atoms with van der Waals surface area (Å²) in [7, 11) is 0. The molecule has 0 unspecified atom stereocenters. The fraction of sp³-hybridized carbons (Fsp3) is 0.679. The number of carboxylic acid groups (broad SMARTS) is 1. The normalized spacial score (nSPS) is 41.6. The summed E-state index contributed by atoms with van der Waals surface area (Å²) in [5.74, 6) is -2.45. The number of rotatable bonds is 8. The topological polar surface area (TPSA) is 125 Å². The van der Waals surface area contributed by atoms with Crippen LogP contribution in [-0.4, -0.2) is 40.9 Å². The van der Waals surface area contributed by atoms with Crippen molar-refractivity contribution in [2.24, 2.45) is 46.7 Å². The Labute approximate surface area is 215 Å². The van der Waals surface area contributed by atoms with Crippen LogP contribution in [0.2, 0.25) is 0 Å². The van der Waals surface area contributed by atoms with Gasteiger partial charge in [-0.3, -0.25) is 9.59 Å². The Morgan fingerprint density at radius 3 is 2.14 bits per heavy atom. The van der Waals surface area contributed by atoms with Crippen LogP contribution < -0.4 is 5.73 Å². The van der Waals surface area contributed by atoms with Crippen molar-refractivity contribution in [2.45, 2.75) is 76.4 Å². The number of aliphatic carboxylic acids is 1. The number of halogens is 1. The van der Waals surface area contributed by atoms with Crippen molar-refractivity contribution in [3.63, 3.8) is 0 Å². The smallest absolute Gasteiger partial charge is 0.332 e. The number of ether oxygens (including phenoxy) is 3. The van der Waals surface area contributed by atoms with E-state index >= 15 is 0 Å². The van der Waals surface area contributed by atoms with Crippen LogP contribution in [0.1, 0.15) is 57.4 Å². The molecule has 200 valence electrons. The number of carbonyl (C=O) groups is 3. The Morgan fingerprint density at radius 2 is 1.57 bits per heavy atom. The van der Waals surface area contributed by atoms with Crippen molar-refractivity contribution < 1.29 is 38.1 Å². The zero-order chi connectivity index (χ0) is 26.1. The highest BCUT2D eigenvalue weighted by Crippen LogP contribution is 2.63. The van der Waals surface area contributed by atoms with E-state index in [-0.39, 0.29) is 24.3 Å². The molecule has 37 heavy (non-hydrogen) atoms. The second-order valence-electron chi connectivity index (χ2n) is 12.2. The summed E-state index contributed by atoms with van der Waals surface area (Å²) < 4.78 is 30.5. The van der Waals surface area contributed by atoms with Gasteiger partial charge >= 0.3 is 17.9 Å². The summed E-state index contributed by atoms with van der Waals surface area (Å²) in [5, 5.41) is 9.59. The minimum Gasteiger partial charge on any atom is -0.481 e. The van der Waals surface area contributed by atoms with E-state index in [9.17, 15) is 23.9 Å². The maximum atomic E-state index is 13.4. The first kappa shape index (κ1) is 24.8. The van der Waals surface area contributed by atoms with Gasteiger partial charge in [0.1, 0.15) is 11.4 Å². The summed E-state index contributed by atoms with van der Waals surface area (Å²) in [6.45, 7) is 1.59. The summed E-state index contributed by atoms with van der Waals surface area (Å²) in [5.41, 5.74) is 5.14. The Morgan fingerprint density at radius 1 is 1.00 bits per heavy atom. The van der Waals surface area contributed by atoms with Gasteiger partial charge in [0, 0.05) is 12.8 Å². The van der Waals surface area contributed by atoms with Gasteiger partial charge in [0.15, 0.2) is 0 Å². The lowest BCUT2D eigenvalue weighted by molar-refractivity contribution is -0.206. The maximum absolute atomic E-state index is 13.4. The van der Waals surface area contributed by atoms with Crippen LogP contribution in [0.3, 0.4) is 0 Å². The van der Waals surface area contributed by atoms with Gasteiger partial charge in [0.2, 0.25) is 6.29 Å². The highest BCUT2D eigenvalue weighted by molar-refractivity contribution is 5.87. The molecule has 0 amide bonds. The van der Waals surface area contributed by atoms with E-state index in [0.717, 1.165) is 19.3 Å². The number of benzene rings is 1. The number of nitrogens with two attached hydrogens (primary N) is 1. The van der Waals surface area contributed by atoms with E-state index in [1.807, 2.05) is 0 Å². The van der Waals surface area contributed by atoms with Crippen molar-refractivity contribution >= 4 is 17.9 Å². The molecule has 0 saturated heterocycles. The predicted molar refractivity (Wildman–Crippen MR) is 127 cm³/mol. The first-order chi connectivity index (χ1) is 17.6. The van der Waals surface area contributed by atoms with E-state index in [0.29, 0.717) is 29.7 Å². The van der Waals surface area contributed by atoms with Gasteiger partial charge in [0.05, 0.1) is 24.0 Å². The summed E-state index contributed by atoms with van der Waals surface area (Å²) >= 11 is 0. The number of fused-ring (bicyclic) bond motifs is 1. The molecule has 6 saturated carbocycles. The first-order valence-electron chi connectivity index (χ1n) is 13.4. The second-order valence-corrected chi connectivity index (χ2v) is 12.2. The molecular weight excluding hydrogens is 481 g/mol. The zero-order valence-electron chi connectivity index (χ0n) is 20.9. The SMILES string of the molecule is C[C@@H](OC(=O)C12CC3CC(CC(C3)C1)C2)OC(=O)[C@@]1(N)[C@H]2[C@@H](C[C@H]1OCc1ccc(F)cc1)[C@@H]2C(=O)O. The molecule has 6 aliphatic rings. The quantitative estimate of drug-likeness (QED) is 0.399. The molecule has 0 heterocycles. The van der Waals surface area contributed by atoms with Gasteiger partial charge in [-0.1, -0.05) is 12.1 Å². The number of hydrogen-bond acceptors (Lipinski definition) is 7. The van der Waals surface area contributed by atoms with Crippen LogP contribution in [-0.2, 0) is 35.2 Å². The largest absolute Gasteiger partial charge is 0.481 e. The van der Waals surface area contributed by atoms with Crippen molar-refractivity contribution in [3.05, 3.63) is 35.6 Å². The second kappa shape index (κ2) is 8.76. The van der Waals surface area contributed by atoms with E-state index < -0.39 is 47.1 Å². The minimum absolute atomic E-state index is 0.0882. The van der Waals surface area contributed by atoms with Crippen molar-refractivity contribution in [3.8, 4) is 0 Å². The third kappa shape index (κ3) is 4.14. The molecule has 6 fully saturated rings. The monoisotopic (exact) mass is 515 g/mol. The van der Waals surface area contributed by atoms with E-state index in [2.05, 4.69) is 0 Å². The lowest BCUT2D eigenvalue weighted by Crippen LogP contribution is -2.60. The minimum atomic E-state index is -1.69. The zero-order valence-corrected chi connectivity index (χ0v) is 20.9. The standard InChI is InChI=1S/C28H34FNO7/c1-14(36-25(33)27-10-16-6-17(11-27)8-18(7-16)12-27)37-26(34)28(30)21(9-20-22(23(20)28)24(31)32)35-13-15-2-4-19(29)5-3-15/h2-5,14,16-18,20-23H,6-13,30H2,1H3,(H,31,32)/t14-,16?,17?,18?,20-,21+,22-,23-,27?,28-/m0/s1. The molecule has 3 N–H and O–H groups in total. The van der Waals surface area contributed by atoms with Crippen LogP contribution in [0.25, 0.3) is 0 Å². The molecule has 0 aliphatic heterocycles. The molecule has 1 aromatic rings. The van der Waals surface area contributed by atoms with E-state index in [4.69, 9.17) is 19.9 Å². The summed E-state index contributed by atoms with van der Waals surface area (Å²) in [4.78, 5) is 38.4. The number of carbonyl (C=O) groups excluding carboxylic acids is 2. The first-order valence-corrected chi connectivity index (χ1v) is 13.4. The van der Waals surface area contributed by atoms with E-state index in [1.165, 1.54) is 38.3 Å². The van der Waals surface area contributed by atoms with Gasteiger partial charge in [-0.25, -0.2) is 9.18 Å². The molecule has 7 rings (SSSR count). The van der Waals surface area contributed by atoms with Crippen LogP contribution in [0, 0.1) is 46.7 Å². The average molecular weight is 516 g/mol. The Hall–Kier alpha value is -2.52. The van der Waals surface area contributed by atoms with Gasteiger partial charge in [-0.2, -0.15) is 0 Å². The number of esters is 2. The summed E-state index contributed by atoms with van der Waals surface area (Å²) in [6, 6.07) is 5.78. The number of carboxylic acids is 1. The molecule has 8 nitrogen and oxygen atoms in total. The fourth-order valence-corrected chi connectivity index (χ4v) is 8.48. The summed E-state index contributed by atoms with van der Waals surface area (Å²) in [6.07, 6.45) is 4.47. The van der Waals surface area contributed by atoms with Crippen LogP contribution in [0.5, 0.6) is 0 Å². The third-order valence-corrected chi connectivity index (χ3v) is 9.76. The van der Waals surface area contributed by atoms with Gasteiger partial charge in [-0.15, -0.1) is 0 Å². The van der Waals surface area contributed by atoms with Crippen molar-refractivity contribution in [1.29, 1.82) is 0 Å². The lowest BCUT2D eigenvalue weighted by Gasteiger charge is -2.55. The molecule has 6 atom stereocenters. The van der Waals surface area contributed by atoms with Gasteiger partial charge in [-0.05, 0) is 86.3 Å². The van der Waals surface area contributed by atoms with Crippen molar-refractivity contribution in [1.82, 2.24) is 0 Å². The molecular formula is C28H34FNO7. The fourth-order valence-electron chi connectivity index (χ4n) is 8.48. The molecule has 0 aromatic heterocycles. The molecule has 4 bridgehead atoms.